The van der Waals surface area contributed by atoms with E-state index in [0.29, 0.717) is 18.7 Å². The molecule has 1 saturated heterocycles. The minimum atomic E-state index is -0.429. The van der Waals surface area contributed by atoms with Crippen molar-refractivity contribution in [2.75, 3.05) is 13.1 Å². The number of carbonyl (C=O) groups excluding carboxylic acids is 2. The quantitative estimate of drug-likeness (QED) is 0.906. The molecule has 1 unspecified atom stereocenters. The molecule has 2 amide bonds. The summed E-state index contributed by atoms with van der Waals surface area (Å²) in [5.74, 6) is -0.206. The molecule has 1 aliphatic rings. The molecule has 1 aromatic heterocycles. The first-order valence-electron chi connectivity index (χ1n) is 6.99. The van der Waals surface area contributed by atoms with Crippen LogP contribution in [0, 0.1) is 0 Å². The zero-order valence-corrected chi connectivity index (χ0v) is 11.8. The summed E-state index contributed by atoms with van der Waals surface area (Å²) in [6, 6.07) is 10.9. The fraction of sp³-hybridized carbons (Fsp3) is 0.250. The molecule has 3 rings (SSSR count). The van der Waals surface area contributed by atoms with Gasteiger partial charge in [0.15, 0.2) is 0 Å². The van der Waals surface area contributed by atoms with Gasteiger partial charge in [-0.25, -0.2) is 0 Å². The number of hydrogen-bond acceptors (Lipinski definition) is 2. The van der Waals surface area contributed by atoms with Gasteiger partial charge in [-0.1, -0.05) is 6.07 Å². The summed E-state index contributed by atoms with van der Waals surface area (Å²) < 4.78 is 1.95. The molecule has 1 N–H and O–H groups in total. The second-order valence-electron chi connectivity index (χ2n) is 5.11. The first-order chi connectivity index (χ1) is 10.2. The van der Waals surface area contributed by atoms with E-state index in [4.69, 9.17) is 0 Å². The lowest BCUT2D eigenvalue weighted by Gasteiger charge is -2.32. The fourth-order valence-corrected chi connectivity index (χ4v) is 2.53. The Morgan fingerprint density at radius 1 is 1.24 bits per heavy atom. The lowest BCUT2D eigenvalue weighted by atomic mass is 10.1. The van der Waals surface area contributed by atoms with Gasteiger partial charge in [0.25, 0.3) is 5.91 Å². The third-order valence-corrected chi connectivity index (χ3v) is 3.76. The number of amides is 2. The van der Waals surface area contributed by atoms with Crippen LogP contribution < -0.4 is 5.32 Å². The van der Waals surface area contributed by atoms with Gasteiger partial charge in [0.1, 0.15) is 6.04 Å². The maximum Gasteiger partial charge on any atom is 0.254 e. The van der Waals surface area contributed by atoms with E-state index in [2.05, 4.69) is 5.32 Å². The predicted molar refractivity (Wildman–Crippen MR) is 79.3 cm³/mol. The summed E-state index contributed by atoms with van der Waals surface area (Å²) in [5, 5.41) is 2.76. The summed E-state index contributed by atoms with van der Waals surface area (Å²) in [6.45, 7) is 2.80. The van der Waals surface area contributed by atoms with Crippen molar-refractivity contribution in [2.45, 2.75) is 13.0 Å². The highest BCUT2D eigenvalue weighted by atomic mass is 16.2. The Morgan fingerprint density at radius 2 is 2.00 bits per heavy atom. The average Bonchev–Trinajstić information content (AvgIpc) is 3.04. The Bertz CT molecular complexity index is 664. The van der Waals surface area contributed by atoms with Gasteiger partial charge >= 0.3 is 0 Å². The first-order valence-corrected chi connectivity index (χ1v) is 6.99. The van der Waals surface area contributed by atoms with Crippen LogP contribution in [0.5, 0.6) is 0 Å². The molecule has 2 heterocycles. The third kappa shape index (κ3) is 2.54. The van der Waals surface area contributed by atoms with Crippen LogP contribution in [0.2, 0.25) is 0 Å². The second-order valence-corrected chi connectivity index (χ2v) is 5.11. The molecule has 0 bridgehead atoms. The molecule has 0 aliphatic carbocycles. The summed E-state index contributed by atoms with van der Waals surface area (Å²) >= 11 is 0. The van der Waals surface area contributed by atoms with Crippen molar-refractivity contribution < 1.29 is 9.59 Å². The fourth-order valence-electron chi connectivity index (χ4n) is 2.53. The largest absolute Gasteiger partial charge is 0.353 e. The van der Waals surface area contributed by atoms with E-state index >= 15 is 0 Å². The Hall–Kier alpha value is -2.56. The first kappa shape index (κ1) is 13.4. The molecular weight excluding hydrogens is 266 g/mol. The van der Waals surface area contributed by atoms with Crippen LogP contribution in [0.4, 0.5) is 0 Å². The normalized spacial score (nSPS) is 18.4. The Balaban J connectivity index is 1.88. The van der Waals surface area contributed by atoms with Gasteiger partial charge in [-0.05, 0) is 37.3 Å². The molecule has 108 valence electrons. The Labute approximate surface area is 123 Å². The summed E-state index contributed by atoms with van der Waals surface area (Å²) in [4.78, 5) is 25.9. The minimum absolute atomic E-state index is 0.101. The van der Waals surface area contributed by atoms with Crippen LogP contribution in [-0.2, 0) is 4.79 Å². The molecule has 5 nitrogen and oxygen atoms in total. The predicted octanol–water partition coefficient (Wildman–Crippen LogP) is 1.44. The van der Waals surface area contributed by atoms with Gasteiger partial charge in [0.05, 0.1) is 0 Å². The van der Waals surface area contributed by atoms with Crippen molar-refractivity contribution >= 4 is 11.8 Å². The highest BCUT2D eigenvalue weighted by molar-refractivity contribution is 5.98. The third-order valence-electron chi connectivity index (χ3n) is 3.76. The molecule has 0 spiro atoms. The summed E-state index contributed by atoms with van der Waals surface area (Å²) in [7, 11) is 0. The van der Waals surface area contributed by atoms with Crippen molar-refractivity contribution in [3.8, 4) is 5.69 Å². The topological polar surface area (TPSA) is 54.3 Å². The smallest absolute Gasteiger partial charge is 0.254 e. The number of aromatic nitrogens is 1. The highest BCUT2D eigenvalue weighted by Gasteiger charge is 2.29. The van der Waals surface area contributed by atoms with Crippen molar-refractivity contribution in [3.05, 3.63) is 54.4 Å². The SMILES string of the molecule is CC1C(=O)NCCN1C(=O)c1cccc(-n2cccc2)c1. The molecule has 21 heavy (non-hydrogen) atoms. The molecule has 1 aromatic carbocycles. The molecule has 2 aromatic rings. The molecular formula is C16H17N3O2. The van der Waals surface area contributed by atoms with E-state index < -0.39 is 6.04 Å². The van der Waals surface area contributed by atoms with Crippen molar-refractivity contribution in [1.82, 2.24) is 14.8 Å². The van der Waals surface area contributed by atoms with E-state index in [1.165, 1.54) is 0 Å². The van der Waals surface area contributed by atoms with Crippen LogP contribution in [0.25, 0.3) is 5.69 Å². The molecule has 0 saturated carbocycles. The van der Waals surface area contributed by atoms with Crippen molar-refractivity contribution in [2.24, 2.45) is 0 Å². The van der Waals surface area contributed by atoms with E-state index in [9.17, 15) is 9.59 Å². The maximum atomic E-state index is 12.6. The number of rotatable bonds is 2. The van der Waals surface area contributed by atoms with Crippen molar-refractivity contribution in [3.63, 3.8) is 0 Å². The molecule has 1 atom stereocenters. The lowest BCUT2D eigenvalue weighted by molar-refractivity contribution is -0.127. The second kappa shape index (κ2) is 5.44. The van der Waals surface area contributed by atoms with Gasteiger partial charge in [-0.15, -0.1) is 0 Å². The maximum absolute atomic E-state index is 12.6. The van der Waals surface area contributed by atoms with Gasteiger partial charge < -0.3 is 14.8 Å². The van der Waals surface area contributed by atoms with Crippen LogP contribution in [-0.4, -0.2) is 40.4 Å². The van der Waals surface area contributed by atoms with Crippen LogP contribution in [0.15, 0.2) is 48.8 Å². The highest BCUT2D eigenvalue weighted by Crippen LogP contribution is 2.15. The standard InChI is InChI=1S/C16H17N3O2/c1-12-15(20)17-7-10-19(12)16(21)13-5-4-6-14(11-13)18-8-2-3-9-18/h2-6,8-9,11-12H,7,10H2,1H3,(H,17,20). The molecule has 1 aliphatic heterocycles. The minimum Gasteiger partial charge on any atom is -0.353 e. The van der Waals surface area contributed by atoms with Crippen LogP contribution >= 0.6 is 0 Å². The summed E-state index contributed by atoms with van der Waals surface area (Å²) in [5.41, 5.74) is 1.53. The van der Waals surface area contributed by atoms with E-state index in [0.717, 1.165) is 5.69 Å². The number of nitrogens with one attached hydrogen (secondary N) is 1. The Kier molecular flexibility index (Phi) is 3.48. The molecule has 0 radical (unpaired) electrons. The Morgan fingerprint density at radius 3 is 2.76 bits per heavy atom. The van der Waals surface area contributed by atoms with Crippen LogP contribution in [0.1, 0.15) is 17.3 Å². The summed E-state index contributed by atoms with van der Waals surface area (Å²) in [6.07, 6.45) is 3.86. The monoisotopic (exact) mass is 283 g/mol. The molecule has 5 heteroatoms. The molecule has 1 fully saturated rings. The average molecular weight is 283 g/mol. The zero-order valence-electron chi connectivity index (χ0n) is 11.8. The van der Waals surface area contributed by atoms with Gasteiger partial charge in [-0.2, -0.15) is 0 Å². The number of carbonyl (C=O) groups is 2. The van der Waals surface area contributed by atoms with E-state index in [-0.39, 0.29) is 11.8 Å². The van der Waals surface area contributed by atoms with Gasteiger partial charge in [0, 0.05) is 36.7 Å². The van der Waals surface area contributed by atoms with Crippen molar-refractivity contribution in [1.29, 1.82) is 0 Å². The van der Waals surface area contributed by atoms with Crippen LogP contribution in [0.3, 0.4) is 0 Å². The number of nitrogens with zero attached hydrogens (tertiary/aromatic N) is 2. The number of hydrogen-bond donors (Lipinski definition) is 1. The van der Waals surface area contributed by atoms with Gasteiger partial charge in [-0.3, -0.25) is 9.59 Å². The zero-order chi connectivity index (χ0) is 14.8. The van der Waals surface area contributed by atoms with E-state index in [1.54, 1.807) is 17.9 Å². The van der Waals surface area contributed by atoms with Gasteiger partial charge in [0.2, 0.25) is 5.91 Å². The lowest BCUT2D eigenvalue weighted by Crippen LogP contribution is -2.55. The number of benzene rings is 1. The van der Waals surface area contributed by atoms with E-state index in [1.807, 2.05) is 47.3 Å². The number of piperazine rings is 1.